The molecular weight excluding hydrogens is 474 g/mol. The van der Waals surface area contributed by atoms with Crippen LogP contribution in [0.2, 0.25) is 0 Å². The number of hydrogen-bond acceptors (Lipinski definition) is 5. The Kier molecular flexibility index (Phi) is 15.1. The van der Waals surface area contributed by atoms with Gasteiger partial charge in [0.1, 0.15) is 0 Å². The molecule has 0 amide bonds. The number of benzene rings is 1. The molecule has 0 aromatic heterocycles. The lowest BCUT2D eigenvalue weighted by molar-refractivity contribution is -0.118. The summed E-state index contributed by atoms with van der Waals surface area (Å²) in [5.41, 5.74) is 8.67. The molecule has 0 saturated carbocycles. The van der Waals surface area contributed by atoms with Gasteiger partial charge in [0.05, 0.1) is 31.3 Å². The van der Waals surface area contributed by atoms with Crippen LogP contribution in [0.1, 0.15) is 142 Å². The largest absolute Gasteiger partial charge is 0.395 e. The summed E-state index contributed by atoms with van der Waals surface area (Å²) in [5, 5.41) is 31.4. The van der Waals surface area contributed by atoms with E-state index in [1.807, 2.05) is 0 Å². The Morgan fingerprint density at radius 2 is 1.13 bits per heavy atom. The van der Waals surface area contributed by atoms with E-state index in [1.54, 1.807) is 0 Å². The molecule has 0 saturated heterocycles. The van der Waals surface area contributed by atoms with E-state index in [-0.39, 0.29) is 30.7 Å². The fourth-order valence-corrected chi connectivity index (χ4v) is 5.24. The van der Waals surface area contributed by atoms with Crippen molar-refractivity contribution in [3.63, 3.8) is 0 Å². The second kappa shape index (κ2) is 16.3. The Bertz CT molecular complexity index is 744. The van der Waals surface area contributed by atoms with Gasteiger partial charge in [0, 0.05) is 13.2 Å². The maximum absolute atomic E-state index is 10.5. The molecular formula is C33H61NO4. The Morgan fingerprint density at radius 3 is 1.50 bits per heavy atom. The molecule has 5 heteroatoms. The van der Waals surface area contributed by atoms with Crippen molar-refractivity contribution < 1.29 is 20.1 Å². The van der Waals surface area contributed by atoms with Crippen LogP contribution in [0.3, 0.4) is 0 Å². The lowest BCUT2D eigenvalue weighted by Crippen LogP contribution is -2.43. The average molecular weight is 536 g/mol. The van der Waals surface area contributed by atoms with Gasteiger partial charge in [-0.05, 0) is 45.4 Å². The van der Waals surface area contributed by atoms with Gasteiger partial charge in [-0.15, -0.1) is 0 Å². The molecule has 0 spiro atoms. The SMILES string of the molecule is CC(C)CCCCCCCCCCOC(c1c(C(C)(C)C)cc(CN)cc1C(C)(C)C)C(CO)(CO)CO. The fraction of sp³-hybridized carbons (Fsp3) is 0.818. The molecule has 1 aromatic rings. The molecule has 5 nitrogen and oxygen atoms in total. The zero-order valence-electron chi connectivity index (χ0n) is 26.0. The van der Waals surface area contributed by atoms with Crippen LogP contribution in [0.4, 0.5) is 0 Å². The van der Waals surface area contributed by atoms with Crippen LogP contribution in [0, 0.1) is 11.3 Å². The number of hydrogen-bond donors (Lipinski definition) is 4. The van der Waals surface area contributed by atoms with Crippen LogP contribution in [0.15, 0.2) is 12.1 Å². The highest BCUT2D eigenvalue weighted by Crippen LogP contribution is 2.46. The maximum atomic E-state index is 10.5. The second-order valence-corrected chi connectivity index (χ2v) is 13.9. The second-order valence-electron chi connectivity index (χ2n) is 13.9. The van der Waals surface area contributed by atoms with E-state index in [1.165, 1.54) is 44.9 Å². The average Bonchev–Trinajstić information content (AvgIpc) is 2.85. The molecule has 0 aliphatic carbocycles. The third kappa shape index (κ3) is 10.5. The maximum Gasteiger partial charge on any atom is 0.0953 e. The molecule has 0 bridgehead atoms. The molecule has 1 rings (SSSR count). The number of aliphatic hydroxyl groups excluding tert-OH is 3. The van der Waals surface area contributed by atoms with Crippen molar-refractivity contribution in [2.75, 3.05) is 26.4 Å². The predicted molar refractivity (Wildman–Crippen MR) is 161 cm³/mol. The van der Waals surface area contributed by atoms with Gasteiger partial charge in [-0.2, -0.15) is 0 Å². The molecule has 5 N–H and O–H groups in total. The highest BCUT2D eigenvalue weighted by molar-refractivity contribution is 5.48. The highest BCUT2D eigenvalue weighted by Gasteiger charge is 2.44. The predicted octanol–water partition coefficient (Wildman–Crippen LogP) is 6.93. The molecule has 1 unspecified atom stereocenters. The van der Waals surface area contributed by atoms with E-state index in [0.717, 1.165) is 41.0 Å². The van der Waals surface area contributed by atoms with Crippen LogP contribution in [0.25, 0.3) is 0 Å². The van der Waals surface area contributed by atoms with E-state index < -0.39 is 11.5 Å². The fourth-order valence-electron chi connectivity index (χ4n) is 5.24. The first-order chi connectivity index (χ1) is 17.8. The first-order valence-corrected chi connectivity index (χ1v) is 15.1. The van der Waals surface area contributed by atoms with Gasteiger partial charge in [-0.25, -0.2) is 0 Å². The molecule has 0 heterocycles. The molecule has 222 valence electrons. The molecule has 1 atom stereocenters. The van der Waals surface area contributed by atoms with E-state index >= 15 is 0 Å². The number of unbranched alkanes of at least 4 members (excludes halogenated alkanes) is 7. The summed E-state index contributed by atoms with van der Waals surface area (Å²) < 4.78 is 6.58. The van der Waals surface area contributed by atoms with Gasteiger partial charge >= 0.3 is 0 Å². The summed E-state index contributed by atoms with van der Waals surface area (Å²) in [6, 6.07) is 4.28. The Labute approximate surface area is 234 Å². The zero-order valence-corrected chi connectivity index (χ0v) is 26.0. The van der Waals surface area contributed by atoms with Crippen LogP contribution < -0.4 is 5.73 Å². The van der Waals surface area contributed by atoms with Crippen molar-refractivity contribution >= 4 is 0 Å². The smallest absolute Gasteiger partial charge is 0.0953 e. The zero-order chi connectivity index (χ0) is 29.0. The van der Waals surface area contributed by atoms with Crippen molar-refractivity contribution in [2.24, 2.45) is 17.1 Å². The first kappa shape index (κ1) is 35.0. The molecule has 1 aromatic carbocycles. The Morgan fingerprint density at radius 1 is 0.711 bits per heavy atom. The minimum atomic E-state index is -1.19. The quantitative estimate of drug-likeness (QED) is 0.153. The Balaban J connectivity index is 3.12. The van der Waals surface area contributed by atoms with Crippen LogP contribution in [-0.4, -0.2) is 41.7 Å². The first-order valence-electron chi connectivity index (χ1n) is 15.1. The number of ether oxygens (including phenoxy) is 1. The van der Waals surface area contributed by atoms with Crippen LogP contribution in [-0.2, 0) is 22.1 Å². The van der Waals surface area contributed by atoms with E-state index in [0.29, 0.717) is 13.2 Å². The molecule has 0 aliphatic heterocycles. The number of aliphatic hydroxyl groups is 3. The summed E-state index contributed by atoms with van der Waals surface area (Å²) in [6.45, 7) is 17.4. The highest BCUT2D eigenvalue weighted by atomic mass is 16.5. The van der Waals surface area contributed by atoms with Crippen LogP contribution >= 0.6 is 0 Å². The van der Waals surface area contributed by atoms with Crippen LogP contribution in [0.5, 0.6) is 0 Å². The molecule has 0 aliphatic rings. The van der Waals surface area contributed by atoms with Crippen molar-refractivity contribution in [2.45, 2.75) is 137 Å². The topological polar surface area (TPSA) is 95.9 Å². The van der Waals surface area contributed by atoms with Gasteiger partial charge in [0.25, 0.3) is 0 Å². The van der Waals surface area contributed by atoms with Gasteiger partial charge in [-0.3, -0.25) is 0 Å². The van der Waals surface area contributed by atoms with Gasteiger partial charge in [-0.1, -0.05) is 119 Å². The van der Waals surface area contributed by atoms with Crippen molar-refractivity contribution in [3.8, 4) is 0 Å². The summed E-state index contributed by atoms with van der Waals surface area (Å²) in [5.74, 6) is 0.803. The van der Waals surface area contributed by atoms with Crippen molar-refractivity contribution in [1.82, 2.24) is 0 Å². The third-order valence-electron chi connectivity index (χ3n) is 7.81. The van der Waals surface area contributed by atoms with Crippen molar-refractivity contribution in [3.05, 3.63) is 34.4 Å². The molecule has 0 radical (unpaired) electrons. The third-order valence-corrected chi connectivity index (χ3v) is 7.81. The van der Waals surface area contributed by atoms with Gasteiger partial charge in [0.2, 0.25) is 0 Å². The van der Waals surface area contributed by atoms with Gasteiger partial charge < -0.3 is 25.8 Å². The summed E-state index contributed by atoms with van der Waals surface area (Å²) in [7, 11) is 0. The summed E-state index contributed by atoms with van der Waals surface area (Å²) in [4.78, 5) is 0. The molecule has 0 fully saturated rings. The van der Waals surface area contributed by atoms with Gasteiger partial charge in [0.15, 0.2) is 0 Å². The summed E-state index contributed by atoms with van der Waals surface area (Å²) in [6.07, 6.45) is 10.4. The molecule has 38 heavy (non-hydrogen) atoms. The van der Waals surface area contributed by atoms with E-state index in [4.69, 9.17) is 10.5 Å². The lowest BCUT2D eigenvalue weighted by atomic mass is 9.69. The minimum absolute atomic E-state index is 0.219. The van der Waals surface area contributed by atoms with E-state index in [2.05, 4.69) is 67.5 Å². The number of rotatable bonds is 18. The normalized spacial score (nSPS) is 13.9. The Hall–Kier alpha value is -0.980. The van der Waals surface area contributed by atoms with Crippen molar-refractivity contribution in [1.29, 1.82) is 0 Å². The van der Waals surface area contributed by atoms with E-state index in [9.17, 15) is 15.3 Å². The number of nitrogens with two attached hydrogens (primary N) is 1. The standard InChI is InChI=1S/C33H61NO4/c1-25(2)17-15-13-11-9-10-12-14-16-18-38-30(33(22-35,23-36)24-37)29-27(31(3,4)5)19-26(21-34)20-28(29)32(6,7)8/h19-20,25,30,35-37H,9-18,21-24,34H2,1-8H3. The minimum Gasteiger partial charge on any atom is -0.395 e. The monoisotopic (exact) mass is 535 g/mol. The summed E-state index contributed by atoms with van der Waals surface area (Å²) >= 11 is 0. The lowest BCUT2D eigenvalue weighted by Gasteiger charge is -2.42.